The number of hydrogen-bond acceptors (Lipinski definition) is 5. The van der Waals surface area contributed by atoms with E-state index in [2.05, 4.69) is 45.3 Å². The van der Waals surface area contributed by atoms with Crippen molar-refractivity contribution in [2.24, 2.45) is 0 Å². The van der Waals surface area contributed by atoms with E-state index >= 15 is 0 Å². The van der Waals surface area contributed by atoms with E-state index in [1.165, 1.54) is 12.8 Å². The van der Waals surface area contributed by atoms with Gasteiger partial charge in [-0.25, -0.2) is 9.67 Å². The number of rotatable bonds is 6. The Morgan fingerprint density at radius 2 is 2.00 bits per heavy atom. The van der Waals surface area contributed by atoms with E-state index in [1.54, 1.807) is 10.9 Å². The minimum atomic E-state index is -0.0889. The van der Waals surface area contributed by atoms with Crippen molar-refractivity contribution in [1.82, 2.24) is 29.5 Å². The lowest BCUT2D eigenvalue weighted by atomic mass is 10.0. The van der Waals surface area contributed by atoms with Gasteiger partial charge in [-0.15, -0.1) is 0 Å². The molecule has 1 saturated carbocycles. The van der Waals surface area contributed by atoms with Gasteiger partial charge in [-0.3, -0.25) is 9.48 Å². The number of aromatic amines is 1. The zero-order valence-corrected chi connectivity index (χ0v) is 19.9. The Labute approximate surface area is 207 Å². The average Bonchev–Trinajstić information content (AvgIpc) is 3.25. The molecule has 8 nitrogen and oxygen atoms in total. The van der Waals surface area contributed by atoms with Gasteiger partial charge in [-0.2, -0.15) is 10.2 Å². The summed E-state index contributed by atoms with van der Waals surface area (Å²) >= 11 is 0. The molecule has 0 amide bonds. The molecule has 5 aromatic rings. The van der Waals surface area contributed by atoms with Gasteiger partial charge in [0.25, 0.3) is 0 Å². The number of fused-ring (bicyclic) bond motifs is 2. The van der Waals surface area contributed by atoms with Crippen LogP contribution < -0.4 is 5.73 Å². The van der Waals surface area contributed by atoms with Crippen LogP contribution in [0.15, 0.2) is 60.6 Å². The molecular weight excluding hydrogens is 450 g/mol. The number of nitrogens with one attached hydrogen (secondary N) is 1. The minimum Gasteiger partial charge on any atom is -0.383 e. The van der Waals surface area contributed by atoms with Crippen LogP contribution in [-0.4, -0.2) is 35.3 Å². The SMILES string of the molecule is CCn1cc(-c2ccc3c(c2)CC(C(=O)c2cnn(-c4ccc5nc(C6CC6)[nH]c5c4)c2N)=C3)cn1. The van der Waals surface area contributed by atoms with Crippen LogP contribution >= 0.6 is 0 Å². The van der Waals surface area contributed by atoms with Crippen molar-refractivity contribution >= 4 is 28.7 Å². The Morgan fingerprint density at radius 3 is 2.81 bits per heavy atom. The molecule has 3 aromatic heterocycles. The lowest BCUT2D eigenvalue weighted by Crippen LogP contribution is -2.08. The van der Waals surface area contributed by atoms with Gasteiger partial charge in [-0.05, 0) is 60.7 Å². The number of allylic oxidation sites excluding steroid dienone is 1. The summed E-state index contributed by atoms with van der Waals surface area (Å²) < 4.78 is 3.53. The molecule has 0 unspecified atom stereocenters. The van der Waals surface area contributed by atoms with E-state index in [9.17, 15) is 4.79 Å². The molecule has 2 aromatic carbocycles. The molecule has 7 rings (SSSR count). The molecule has 0 bridgehead atoms. The summed E-state index contributed by atoms with van der Waals surface area (Å²) in [5, 5.41) is 8.83. The minimum absolute atomic E-state index is 0.0889. The Balaban J connectivity index is 1.15. The zero-order chi connectivity index (χ0) is 24.4. The molecule has 1 fully saturated rings. The van der Waals surface area contributed by atoms with Crippen molar-refractivity contribution in [2.45, 2.75) is 38.6 Å². The molecule has 0 radical (unpaired) electrons. The average molecular weight is 476 g/mol. The number of aromatic nitrogens is 6. The summed E-state index contributed by atoms with van der Waals surface area (Å²) in [7, 11) is 0. The number of Topliss-reactive ketones (excluding diaryl/α,β-unsaturated/α-hetero) is 1. The summed E-state index contributed by atoms with van der Waals surface area (Å²) in [6.07, 6.45) is 10.4. The molecule has 178 valence electrons. The monoisotopic (exact) mass is 475 g/mol. The van der Waals surface area contributed by atoms with Crippen molar-refractivity contribution in [3.8, 4) is 16.8 Å². The van der Waals surface area contributed by atoms with Gasteiger partial charge in [0.15, 0.2) is 5.78 Å². The summed E-state index contributed by atoms with van der Waals surface area (Å²) in [6, 6.07) is 12.2. The number of nitrogen functional groups attached to an aromatic ring is 1. The summed E-state index contributed by atoms with van der Waals surface area (Å²) in [5.41, 5.74) is 14.6. The molecule has 0 aliphatic heterocycles. The van der Waals surface area contributed by atoms with E-state index in [-0.39, 0.29) is 5.78 Å². The van der Waals surface area contributed by atoms with Crippen LogP contribution in [0.1, 0.15) is 53.0 Å². The Bertz CT molecular complexity index is 1700. The van der Waals surface area contributed by atoms with E-state index < -0.39 is 0 Å². The van der Waals surface area contributed by atoms with E-state index in [1.807, 2.05) is 41.4 Å². The molecule has 36 heavy (non-hydrogen) atoms. The number of nitrogens with two attached hydrogens (primary N) is 1. The summed E-state index contributed by atoms with van der Waals surface area (Å²) in [6.45, 7) is 2.90. The van der Waals surface area contributed by atoms with Crippen LogP contribution in [0, 0.1) is 0 Å². The number of carbonyl (C=O) groups excluding carboxylic acids is 1. The van der Waals surface area contributed by atoms with Crippen LogP contribution in [-0.2, 0) is 13.0 Å². The van der Waals surface area contributed by atoms with E-state index in [0.29, 0.717) is 23.7 Å². The highest BCUT2D eigenvalue weighted by Gasteiger charge is 2.27. The third kappa shape index (κ3) is 3.37. The molecule has 3 heterocycles. The maximum atomic E-state index is 13.4. The van der Waals surface area contributed by atoms with Crippen molar-refractivity contribution in [3.05, 3.63) is 83.1 Å². The molecule has 0 saturated heterocycles. The number of carbonyl (C=O) groups is 1. The first-order valence-electron chi connectivity index (χ1n) is 12.3. The quantitative estimate of drug-likeness (QED) is 0.339. The number of benzene rings is 2. The second-order valence-electron chi connectivity index (χ2n) is 9.63. The summed E-state index contributed by atoms with van der Waals surface area (Å²) in [5.74, 6) is 1.84. The fraction of sp³-hybridized carbons (Fsp3) is 0.214. The second kappa shape index (κ2) is 7.78. The highest BCUT2D eigenvalue weighted by atomic mass is 16.1. The number of imidazole rings is 1. The number of H-pyrrole nitrogens is 1. The highest BCUT2D eigenvalue weighted by Crippen LogP contribution is 2.39. The molecule has 0 atom stereocenters. The Hall–Kier alpha value is -4.46. The predicted octanol–water partition coefficient (Wildman–Crippen LogP) is 4.91. The molecule has 2 aliphatic rings. The van der Waals surface area contributed by atoms with Crippen LogP contribution in [0.4, 0.5) is 5.82 Å². The van der Waals surface area contributed by atoms with Crippen molar-refractivity contribution in [1.29, 1.82) is 0 Å². The number of anilines is 1. The first kappa shape index (κ1) is 20.9. The van der Waals surface area contributed by atoms with Crippen molar-refractivity contribution < 1.29 is 4.79 Å². The van der Waals surface area contributed by atoms with Crippen molar-refractivity contribution in [3.63, 3.8) is 0 Å². The molecule has 3 N–H and O–H groups in total. The second-order valence-corrected chi connectivity index (χ2v) is 9.63. The number of hydrogen-bond donors (Lipinski definition) is 2. The first-order valence-corrected chi connectivity index (χ1v) is 12.3. The largest absolute Gasteiger partial charge is 0.383 e. The Kier molecular flexibility index (Phi) is 4.51. The highest BCUT2D eigenvalue weighted by molar-refractivity contribution is 6.15. The normalized spacial score (nSPS) is 14.9. The summed E-state index contributed by atoms with van der Waals surface area (Å²) in [4.78, 5) is 21.5. The molecule has 0 spiro atoms. The van der Waals surface area contributed by atoms with Crippen LogP contribution in [0.3, 0.4) is 0 Å². The van der Waals surface area contributed by atoms with E-state index in [4.69, 9.17) is 5.73 Å². The maximum absolute atomic E-state index is 13.4. The van der Waals surface area contributed by atoms with Gasteiger partial charge in [0.1, 0.15) is 11.6 Å². The van der Waals surface area contributed by atoms with Gasteiger partial charge >= 0.3 is 0 Å². The predicted molar refractivity (Wildman–Crippen MR) is 139 cm³/mol. The topological polar surface area (TPSA) is 107 Å². The van der Waals surface area contributed by atoms with Crippen LogP contribution in [0.5, 0.6) is 0 Å². The first-order chi connectivity index (χ1) is 17.6. The fourth-order valence-corrected chi connectivity index (χ4v) is 4.97. The Morgan fingerprint density at radius 1 is 1.11 bits per heavy atom. The molecule has 8 heteroatoms. The van der Waals surface area contributed by atoms with Crippen LogP contribution in [0.2, 0.25) is 0 Å². The number of aryl methyl sites for hydroxylation is 1. The number of nitrogens with zero attached hydrogens (tertiary/aromatic N) is 5. The van der Waals surface area contributed by atoms with Gasteiger partial charge in [0, 0.05) is 36.2 Å². The van der Waals surface area contributed by atoms with Gasteiger partial charge in [-0.1, -0.05) is 18.2 Å². The smallest absolute Gasteiger partial charge is 0.194 e. The molecular formula is C28H25N7O. The third-order valence-electron chi connectivity index (χ3n) is 7.18. The van der Waals surface area contributed by atoms with Gasteiger partial charge in [0.05, 0.1) is 34.7 Å². The van der Waals surface area contributed by atoms with Crippen molar-refractivity contribution in [2.75, 3.05) is 5.73 Å². The maximum Gasteiger partial charge on any atom is 0.194 e. The number of ketones is 1. The lowest BCUT2D eigenvalue weighted by molar-refractivity contribution is 0.103. The third-order valence-corrected chi connectivity index (χ3v) is 7.18. The van der Waals surface area contributed by atoms with E-state index in [0.717, 1.165) is 56.9 Å². The van der Waals surface area contributed by atoms with Gasteiger partial charge in [0.2, 0.25) is 0 Å². The van der Waals surface area contributed by atoms with Gasteiger partial charge < -0.3 is 10.7 Å². The lowest BCUT2D eigenvalue weighted by Gasteiger charge is -2.06. The molecule has 2 aliphatic carbocycles. The fourth-order valence-electron chi connectivity index (χ4n) is 4.97. The standard InChI is InChI=1S/C28H25N7O/c1-2-34-15-21(13-30-34)18-6-5-17-10-20(11-19(17)9-18)26(36)23-14-31-35(27(23)29)22-7-8-24-25(12-22)33-28(32-24)16-3-4-16/h5-10,12-16H,2-4,11,29H2,1H3,(H,32,33). The van der Waals surface area contributed by atoms with Crippen LogP contribution in [0.25, 0.3) is 33.9 Å². The zero-order valence-electron chi connectivity index (χ0n) is 19.9.